The Hall–Kier alpha value is -1.72. The first kappa shape index (κ1) is 14.7. The van der Waals surface area contributed by atoms with Crippen molar-refractivity contribution in [3.63, 3.8) is 0 Å². The smallest absolute Gasteiger partial charge is 0.406 e. The van der Waals surface area contributed by atoms with Crippen molar-refractivity contribution in [1.82, 2.24) is 5.32 Å². The lowest BCUT2D eigenvalue weighted by molar-refractivity contribution is -0.274. The van der Waals surface area contributed by atoms with Gasteiger partial charge in [-0.3, -0.25) is 4.79 Å². The summed E-state index contributed by atoms with van der Waals surface area (Å²) in [5.74, 6) is -0.163. The van der Waals surface area contributed by atoms with Gasteiger partial charge in [-0.25, -0.2) is 0 Å². The molecule has 3 nitrogen and oxygen atoms in total. The maximum atomic E-state index is 12.0. The number of alkyl halides is 3. The molecule has 1 aliphatic carbocycles. The third-order valence-electron chi connectivity index (χ3n) is 3.45. The molecule has 1 unspecified atom stereocenters. The molecule has 1 N–H and O–H groups in total. The second kappa shape index (κ2) is 5.73. The second-order valence-electron chi connectivity index (χ2n) is 4.97. The number of rotatable bonds is 4. The van der Waals surface area contributed by atoms with Gasteiger partial charge in [-0.1, -0.05) is 18.6 Å². The van der Waals surface area contributed by atoms with Gasteiger partial charge in [0.1, 0.15) is 5.75 Å². The summed E-state index contributed by atoms with van der Waals surface area (Å²) in [7, 11) is 0. The average Bonchev–Trinajstić information content (AvgIpc) is 2.24. The fourth-order valence-corrected chi connectivity index (χ4v) is 2.04. The minimum Gasteiger partial charge on any atom is -0.406 e. The quantitative estimate of drug-likeness (QED) is 0.919. The summed E-state index contributed by atoms with van der Waals surface area (Å²) in [6, 6.07) is 5.30. The van der Waals surface area contributed by atoms with Gasteiger partial charge in [0.15, 0.2) is 0 Å². The van der Waals surface area contributed by atoms with Crippen molar-refractivity contribution in [3.8, 4) is 5.75 Å². The normalized spacial score (nSPS) is 17.2. The van der Waals surface area contributed by atoms with Crippen LogP contribution in [0.1, 0.15) is 37.8 Å². The Morgan fingerprint density at radius 2 is 1.90 bits per heavy atom. The van der Waals surface area contributed by atoms with Crippen molar-refractivity contribution in [1.29, 1.82) is 0 Å². The van der Waals surface area contributed by atoms with E-state index in [1.165, 1.54) is 24.3 Å². The number of hydrogen-bond donors (Lipinski definition) is 1. The number of carbonyl (C=O) groups is 1. The van der Waals surface area contributed by atoms with E-state index in [1.54, 1.807) is 6.92 Å². The van der Waals surface area contributed by atoms with Crippen LogP contribution in [0.3, 0.4) is 0 Å². The highest BCUT2D eigenvalue weighted by Gasteiger charge is 2.31. The van der Waals surface area contributed by atoms with Crippen LogP contribution in [0.4, 0.5) is 13.2 Å². The Bertz CT molecular complexity index is 466. The van der Waals surface area contributed by atoms with E-state index in [4.69, 9.17) is 0 Å². The van der Waals surface area contributed by atoms with Gasteiger partial charge in [0, 0.05) is 5.92 Å². The van der Waals surface area contributed by atoms with Gasteiger partial charge in [0.25, 0.3) is 0 Å². The molecule has 1 amide bonds. The molecule has 1 aromatic carbocycles. The molecular formula is C14H16F3NO2. The first-order valence-electron chi connectivity index (χ1n) is 6.51. The van der Waals surface area contributed by atoms with Gasteiger partial charge in [-0.05, 0) is 37.5 Å². The van der Waals surface area contributed by atoms with E-state index in [9.17, 15) is 18.0 Å². The highest BCUT2D eigenvalue weighted by Crippen LogP contribution is 2.28. The summed E-state index contributed by atoms with van der Waals surface area (Å²) in [5, 5.41) is 2.86. The van der Waals surface area contributed by atoms with E-state index >= 15 is 0 Å². The van der Waals surface area contributed by atoms with Gasteiger partial charge < -0.3 is 10.1 Å². The van der Waals surface area contributed by atoms with Crippen LogP contribution in [0.15, 0.2) is 24.3 Å². The van der Waals surface area contributed by atoms with Crippen LogP contribution >= 0.6 is 0 Å². The molecule has 0 aromatic heterocycles. The molecule has 0 heterocycles. The molecule has 0 saturated heterocycles. The largest absolute Gasteiger partial charge is 0.573 e. The maximum absolute atomic E-state index is 12.0. The summed E-state index contributed by atoms with van der Waals surface area (Å²) in [6.07, 6.45) is -1.78. The number of amides is 1. The highest BCUT2D eigenvalue weighted by atomic mass is 19.4. The Labute approximate surface area is 115 Å². The van der Waals surface area contributed by atoms with E-state index in [0.29, 0.717) is 0 Å². The summed E-state index contributed by atoms with van der Waals surface area (Å²) in [4.78, 5) is 11.8. The van der Waals surface area contributed by atoms with Crippen molar-refractivity contribution < 1.29 is 22.7 Å². The summed E-state index contributed by atoms with van der Waals surface area (Å²) in [6.45, 7) is 1.80. The molecule has 0 radical (unpaired) electrons. The number of halogens is 3. The molecule has 0 spiro atoms. The van der Waals surface area contributed by atoms with Crippen LogP contribution in [0.5, 0.6) is 5.75 Å². The van der Waals surface area contributed by atoms with Crippen molar-refractivity contribution in [3.05, 3.63) is 29.8 Å². The Kier molecular flexibility index (Phi) is 4.20. The maximum Gasteiger partial charge on any atom is 0.573 e. The fourth-order valence-electron chi connectivity index (χ4n) is 2.04. The minimum absolute atomic E-state index is 0.0133. The number of benzene rings is 1. The van der Waals surface area contributed by atoms with Crippen molar-refractivity contribution in [2.24, 2.45) is 5.92 Å². The molecule has 2 rings (SSSR count). The van der Waals surface area contributed by atoms with E-state index in [1.807, 2.05) is 0 Å². The van der Waals surface area contributed by atoms with Gasteiger partial charge >= 0.3 is 6.36 Å². The van der Waals surface area contributed by atoms with Gasteiger partial charge in [0.2, 0.25) is 5.91 Å². The predicted octanol–water partition coefficient (Wildman–Crippen LogP) is 3.56. The average molecular weight is 287 g/mol. The third kappa shape index (κ3) is 3.88. The number of nitrogens with one attached hydrogen (secondary N) is 1. The molecular weight excluding hydrogens is 271 g/mol. The van der Waals surface area contributed by atoms with E-state index in [0.717, 1.165) is 24.8 Å². The number of ether oxygens (including phenoxy) is 1. The second-order valence-corrected chi connectivity index (χ2v) is 4.97. The first-order chi connectivity index (χ1) is 9.35. The topological polar surface area (TPSA) is 38.3 Å². The van der Waals surface area contributed by atoms with Gasteiger partial charge in [-0.15, -0.1) is 13.2 Å². The molecule has 6 heteroatoms. The predicted molar refractivity (Wildman–Crippen MR) is 67.0 cm³/mol. The molecule has 110 valence electrons. The number of carbonyl (C=O) groups excluding carboxylic acids is 1. The fraction of sp³-hybridized carbons (Fsp3) is 0.500. The lowest BCUT2D eigenvalue weighted by Gasteiger charge is -2.26. The lowest BCUT2D eigenvalue weighted by atomic mass is 9.84. The van der Waals surface area contributed by atoms with Crippen LogP contribution in [-0.2, 0) is 4.79 Å². The third-order valence-corrected chi connectivity index (χ3v) is 3.45. The van der Waals surface area contributed by atoms with Crippen LogP contribution in [0.25, 0.3) is 0 Å². The molecule has 1 atom stereocenters. The zero-order valence-electron chi connectivity index (χ0n) is 11.0. The molecule has 0 aliphatic heterocycles. The van der Waals surface area contributed by atoms with Crippen LogP contribution in [0, 0.1) is 5.92 Å². The summed E-state index contributed by atoms with van der Waals surface area (Å²) < 4.78 is 39.9. The van der Waals surface area contributed by atoms with Gasteiger partial charge in [0.05, 0.1) is 6.04 Å². The van der Waals surface area contributed by atoms with E-state index < -0.39 is 6.36 Å². The number of hydrogen-bond acceptors (Lipinski definition) is 2. The Morgan fingerprint density at radius 3 is 2.35 bits per heavy atom. The van der Waals surface area contributed by atoms with Crippen molar-refractivity contribution >= 4 is 5.91 Å². The molecule has 20 heavy (non-hydrogen) atoms. The molecule has 1 saturated carbocycles. The van der Waals surface area contributed by atoms with Crippen molar-refractivity contribution in [2.75, 3.05) is 0 Å². The van der Waals surface area contributed by atoms with Crippen LogP contribution in [-0.4, -0.2) is 12.3 Å². The Balaban J connectivity index is 1.93. The molecule has 1 aliphatic rings. The van der Waals surface area contributed by atoms with Crippen LogP contribution in [0.2, 0.25) is 0 Å². The molecule has 1 fully saturated rings. The molecule has 0 bridgehead atoms. The SMILES string of the molecule is CC(NC(=O)C1CCC1)c1ccc(OC(F)(F)F)cc1. The summed E-state index contributed by atoms with van der Waals surface area (Å²) >= 11 is 0. The standard InChI is InChI=1S/C14H16F3NO2/c1-9(18-13(19)11-3-2-4-11)10-5-7-12(8-6-10)20-14(15,16)17/h5-9,11H,2-4H2,1H3,(H,18,19). The first-order valence-corrected chi connectivity index (χ1v) is 6.51. The molecule has 1 aromatic rings. The Morgan fingerprint density at radius 1 is 1.30 bits per heavy atom. The van der Waals surface area contributed by atoms with E-state index in [2.05, 4.69) is 10.1 Å². The lowest BCUT2D eigenvalue weighted by Crippen LogP contribution is -2.35. The summed E-state index contributed by atoms with van der Waals surface area (Å²) in [5.41, 5.74) is 0.743. The minimum atomic E-state index is -4.69. The van der Waals surface area contributed by atoms with Crippen LogP contribution < -0.4 is 10.1 Å². The van der Waals surface area contributed by atoms with E-state index in [-0.39, 0.29) is 23.6 Å². The van der Waals surface area contributed by atoms with Gasteiger partial charge in [-0.2, -0.15) is 0 Å². The zero-order valence-corrected chi connectivity index (χ0v) is 11.0. The highest BCUT2D eigenvalue weighted by molar-refractivity contribution is 5.79. The monoisotopic (exact) mass is 287 g/mol. The van der Waals surface area contributed by atoms with Crippen molar-refractivity contribution in [2.45, 2.75) is 38.6 Å². The zero-order chi connectivity index (χ0) is 14.8.